The lowest BCUT2D eigenvalue weighted by Crippen LogP contribution is -2.32. The molecule has 0 saturated heterocycles. The largest absolute Gasteiger partial charge is 0.489 e. The molecule has 3 N–H and O–H groups in total. The summed E-state index contributed by atoms with van der Waals surface area (Å²) in [7, 11) is -1.53. The summed E-state index contributed by atoms with van der Waals surface area (Å²) in [5.41, 5.74) is 0.0593. The predicted octanol–water partition coefficient (Wildman–Crippen LogP) is -1.34. The van der Waals surface area contributed by atoms with Crippen molar-refractivity contribution in [3.05, 3.63) is 26.2 Å². The van der Waals surface area contributed by atoms with E-state index in [1.165, 1.54) is 12.3 Å². The molecule has 0 spiro atoms. The Morgan fingerprint density at radius 1 is 1.55 bits per heavy atom. The second-order valence-electron chi connectivity index (χ2n) is 1.98. The molecule has 58 valence electrons. The highest BCUT2D eigenvalue weighted by molar-refractivity contribution is 14.1. The zero-order valence-corrected chi connectivity index (χ0v) is 7.57. The molecule has 0 radical (unpaired) electrons. The molecule has 4 nitrogen and oxygen atoms in total. The predicted molar refractivity (Wildman–Crippen MR) is 49.6 cm³/mol. The van der Waals surface area contributed by atoms with Crippen LogP contribution in [0.5, 0.6) is 0 Å². The van der Waals surface area contributed by atoms with E-state index in [-0.39, 0.29) is 11.0 Å². The van der Waals surface area contributed by atoms with Crippen molar-refractivity contribution in [3.63, 3.8) is 0 Å². The number of aromatic amines is 1. The molecule has 0 unspecified atom stereocenters. The van der Waals surface area contributed by atoms with Gasteiger partial charge in [-0.3, -0.25) is 4.79 Å². The van der Waals surface area contributed by atoms with Crippen molar-refractivity contribution in [2.75, 3.05) is 0 Å². The molecule has 6 heteroatoms. The van der Waals surface area contributed by atoms with Crippen LogP contribution in [0.15, 0.2) is 17.1 Å². The Morgan fingerprint density at radius 3 is 2.64 bits per heavy atom. The van der Waals surface area contributed by atoms with Gasteiger partial charge in [-0.05, 0) is 34.1 Å². The summed E-state index contributed by atoms with van der Waals surface area (Å²) in [6.45, 7) is 0. The molecule has 0 saturated carbocycles. The van der Waals surface area contributed by atoms with Crippen LogP contribution in [-0.2, 0) is 0 Å². The number of rotatable bonds is 1. The fraction of sp³-hybridized carbons (Fsp3) is 0. The molecule has 0 fully saturated rings. The first-order valence-corrected chi connectivity index (χ1v) is 3.93. The normalized spacial score (nSPS) is 9.73. The minimum Gasteiger partial charge on any atom is -0.423 e. The lowest BCUT2D eigenvalue weighted by atomic mass is 9.82. The Kier molecular flexibility index (Phi) is 2.69. The molecule has 0 aromatic carbocycles. The molecular weight excluding hydrogens is 260 g/mol. The fourth-order valence-corrected chi connectivity index (χ4v) is 1.14. The highest BCUT2D eigenvalue weighted by Crippen LogP contribution is 1.91. The van der Waals surface area contributed by atoms with Gasteiger partial charge in [0.15, 0.2) is 0 Å². The van der Waals surface area contributed by atoms with Gasteiger partial charge in [0.2, 0.25) is 0 Å². The minimum absolute atomic E-state index is 0.227. The summed E-state index contributed by atoms with van der Waals surface area (Å²) in [5.74, 6) is 0. The molecule has 11 heavy (non-hydrogen) atoms. The van der Waals surface area contributed by atoms with Gasteiger partial charge in [-0.2, -0.15) is 0 Å². The summed E-state index contributed by atoms with van der Waals surface area (Å²) >= 11 is 1.82. The maximum atomic E-state index is 10.8. The van der Waals surface area contributed by atoms with Crippen molar-refractivity contribution in [2.24, 2.45) is 0 Å². The van der Waals surface area contributed by atoms with Gasteiger partial charge in [-0.15, -0.1) is 0 Å². The molecule has 0 bridgehead atoms. The van der Waals surface area contributed by atoms with E-state index < -0.39 is 7.12 Å². The van der Waals surface area contributed by atoms with Crippen molar-refractivity contribution in [3.8, 4) is 0 Å². The van der Waals surface area contributed by atoms with Gasteiger partial charge in [0, 0.05) is 6.20 Å². The van der Waals surface area contributed by atoms with E-state index in [1.807, 2.05) is 22.6 Å². The van der Waals surface area contributed by atoms with Gasteiger partial charge in [0.25, 0.3) is 5.56 Å². The van der Waals surface area contributed by atoms with Crippen LogP contribution in [0.1, 0.15) is 0 Å². The summed E-state index contributed by atoms with van der Waals surface area (Å²) in [6, 6.07) is 1.42. The third-order valence-electron chi connectivity index (χ3n) is 1.18. The maximum Gasteiger partial charge on any atom is 0.489 e. The average molecular weight is 265 g/mol. The van der Waals surface area contributed by atoms with Crippen molar-refractivity contribution < 1.29 is 10.0 Å². The van der Waals surface area contributed by atoms with Crippen molar-refractivity contribution in [1.82, 2.24) is 4.98 Å². The fourth-order valence-electron chi connectivity index (χ4n) is 0.620. The molecule has 1 heterocycles. The van der Waals surface area contributed by atoms with E-state index >= 15 is 0 Å². The van der Waals surface area contributed by atoms with Crippen LogP contribution < -0.4 is 11.0 Å². The first kappa shape index (κ1) is 8.76. The van der Waals surface area contributed by atoms with E-state index in [0.717, 1.165) is 0 Å². The van der Waals surface area contributed by atoms with Gasteiger partial charge >= 0.3 is 7.12 Å². The molecule has 0 atom stereocenters. The summed E-state index contributed by atoms with van der Waals surface area (Å²) in [4.78, 5) is 13.1. The minimum atomic E-state index is -1.53. The Bertz CT molecular complexity index is 311. The standard InChI is InChI=1S/C5H5BINO3/c7-4-1-3(6(10)11)2-8-5(4)9/h1-2,10-11H,(H,8,9). The zero-order valence-electron chi connectivity index (χ0n) is 5.41. The number of nitrogens with one attached hydrogen (secondary N) is 1. The summed E-state index contributed by atoms with van der Waals surface area (Å²) < 4.78 is 0.438. The highest BCUT2D eigenvalue weighted by atomic mass is 127. The topological polar surface area (TPSA) is 73.3 Å². The molecule has 0 aliphatic carbocycles. The SMILES string of the molecule is O=c1[nH]cc(B(O)O)cc1I. The van der Waals surface area contributed by atoms with Gasteiger partial charge < -0.3 is 15.0 Å². The zero-order chi connectivity index (χ0) is 8.43. The first-order valence-electron chi connectivity index (χ1n) is 2.85. The third kappa shape index (κ3) is 2.04. The van der Waals surface area contributed by atoms with E-state index in [1.54, 1.807) is 0 Å². The quantitative estimate of drug-likeness (QED) is 0.434. The smallest absolute Gasteiger partial charge is 0.423 e. The van der Waals surface area contributed by atoms with Crippen molar-refractivity contribution in [2.45, 2.75) is 0 Å². The Balaban J connectivity index is 3.15. The number of aromatic nitrogens is 1. The lowest BCUT2D eigenvalue weighted by molar-refractivity contribution is 0.425. The van der Waals surface area contributed by atoms with E-state index in [0.29, 0.717) is 3.57 Å². The monoisotopic (exact) mass is 265 g/mol. The van der Waals surface area contributed by atoms with E-state index in [2.05, 4.69) is 4.98 Å². The molecule has 1 aromatic rings. The Hall–Kier alpha value is -0.335. The summed E-state index contributed by atoms with van der Waals surface area (Å²) in [5, 5.41) is 17.3. The Labute approximate surface area is 76.6 Å². The first-order chi connectivity index (χ1) is 5.11. The maximum absolute atomic E-state index is 10.8. The number of halogens is 1. The average Bonchev–Trinajstić information content (AvgIpc) is 1.94. The number of hydrogen-bond acceptors (Lipinski definition) is 3. The number of pyridine rings is 1. The van der Waals surface area contributed by atoms with Crippen LogP contribution in [-0.4, -0.2) is 22.2 Å². The number of hydrogen-bond donors (Lipinski definition) is 3. The number of H-pyrrole nitrogens is 1. The molecule has 1 aromatic heterocycles. The molecule has 0 aliphatic rings. The summed E-state index contributed by atoms with van der Waals surface area (Å²) in [6.07, 6.45) is 1.27. The van der Waals surface area contributed by atoms with E-state index in [4.69, 9.17) is 10.0 Å². The third-order valence-corrected chi connectivity index (χ3v) is 1.98. The van der Waals surface area contributed by atoms with Gasteiger partial charge in [0.1, 0.15) is 0 Å². The lowest BCUT2D eigenvalue weighted by Gasteiger charge is -1.97. The van der Waals surface area contributed by atoms with Crippen molar-refractivity contribution in [1.29, 1.82) is 0 Å². The van der Waals surface area contributed by atoms with Crippen LogP contribution in [0.3, 0.4) is 0 Å². The molecule has 0 aliphatic heterocycles. The second-order valence-corrected chi connectivity index (χ2v) is 3.15. The van der Waals surface area contributed by atoms with Gasteiger partial charge in [-0.25, -0.2) is 0 Å². The molecule has 0 amide bonds. The second kappa shape index (κ2) is 3.37. The van der Waals surface area contributed by atoms with Gasteiger partial charge in [0.05, 0.1) is 3.57 Å². The van der Waals surface area contributed by atoms with Crippen LogP contribution in [0, 0.1) is 3.57 Å². The van der Waals surface area contributed by atoms with Crippen LogP contribution in [0.2, 0.25) is 0 Å². The van der Waals surface area contributed by atoms with Crippen LogP contribution in [0.4, 0.5) is 0 Å². The van der Waals surface area contributed by atoms with Crippen LogP contribution >= 0.6 is 22.6 Å². The Morgan fingerprint density at radius 2 is 2.18 bits per heavy atom. The van der Waals surface area contributed by atoms with E-state index in [9.17, 15) is 4.79 Å². The highest BCUT2D eigenvalue weighted by Gasteiger charge is 2.11. The molecule has 1 rings (SSSR count). The van der Waals surface area contributed by atoms with Crippen molar-refractivity contribution >= 4 is 35.2 Å². The molecular formula is C5H5BINO3. The van der Waals surface area contributed by atoms with Crippen LogP contribution in [0.25, 0.3) is 0 Å². The van der Waals surface area contributed by atoms with Gasteiger partial charge in [-0.1, -0.05) is 0 Å².